The molecule has 0 unspecified atom stereocenters. The largest absolute Gasteiger partial charge is 0.364 e. The van der Waals surface area contributed by atoms with Gasteiger partial charge in [0.25, 0.3) is 5.91 Å². The number of benzene rings is 1. The number of hydrogen-bond acceptors (Lipinski definition) is 4. The first-order chi connectivity index (χ1) is 10.2. The molecule has 1 fully saturated rings. The summed E-state index contributed by atoms with van der Waals surface area (Å²) < 4.78 is 7.51. The monoisotopic (exact) mass is 288 g/mol. The van der Waals surface area contributed by atoms with Gasteiger partial charge in [0, 0.05) is 24.2 Å². The molecule has 21 heavy (non-hydrogen) atoms. The summed E-state index contributed by atoms with van der Waals surface area (Å²) in [6, 6.07) is 5.79. The molecule has 6 heteroatoms. The van der Waals surface area contributed by atoms with E-state index in [2.05, 4.69) is 10.4 Å². The Hall–Kier alpha value is -1.92. The third-order valence-corrected chi connectivity index (χ3v) is 3.87. The summed E-state index contributed by atoms with van der Waals surface area (Å²) in [5, 5.41) is 8.28. The van der Waals surface area contributed by atoms with Crippen molar-refractivity contribution in [3.05, 3.63) is 24.4 Å². The average molecular weight is 288 g/mol. The highest BCUT2D eigenvalue weighted by Gasteiger charge is 2.29. The van der Waals surface area contributed by atoms with E-state index in [4.69, 9.17) is 10.5 Å². The second-order valence-corrected chi connectivity index (χ2v) is 5.28. The number of rotatable bonds is 4. The number of nitrogens with one attached hydrogen (secondary N) is 1. The van der Waals surface area contributed by atoms with Crippen LogP contribution in [0.4, 0.5) is 5.69 Å². The Labute approximate surface area is 123 Å². The van der Waals surface area contributed by atoms with E-state index in [1.165, 1.54) is 0 Å². The number of aryl methyl sites for hydroxylation is 1. The van der Waals surface area contributed by atoms with Crippen LogP contribution in [0.2, 0.25) is 0 Å². The lowest BCUT2D eigenvalue weighted by molar-refractivity contribution is -0.126. The van der Waals surface area contributed by atoms with Gasteiger partial charge >= 0.3 is 0 Å². The second-order valence-electron chi connectivity index (χ2n) is 5.28. The molecule has 1 aromatic heterocycles. The second kappa shape index (κ2) is 5.83. The van der Waals surface area contributed by atoms with E-state index in [9.17, 15) is 4.79 Å². The lowest BCUT2D eigenvalue weighted by atomic mass is 10.2. The van der Waals surface area contributed by atoms with Crippen LogP contribution in [0, 0.1) is 0 Å². The van der Waals surface area contributed by atoms with Crippen molar-refractivity contribution in [2.45, 2.75) is 38.5 Å². The highest BCUT2D eigenvalue weighted by molar-refractivity contribution is 5.96. The fourth-order valence-corrected chi connectivity index (χ4v) is 2.69. The van der Waals surface area contributed by atoms with Crippen LogP contribution in [-0.4, -0.2) is 34.4 Å². The summed E-state index contributed by atoms with van der Waals surface area (Å²) in [6.07, 6.45) is 3.00. The number of amides is 1. The zero-order chi connectivity index (χ0) is 14.8. The Bertz CT molecular complexity index is 652. The minimum absolute atomic E-state index is 0.00440. The Morgan fingerprint density at radius 1 is 1.52 bits per heavy atom. The van der Waals surface area contributed by atoms with Crippen LogP contribution in [-0.2, 0) is 16.1 Å². The first-order valence-corrected chi connectivity index (χ1v) is 7.33. The van der Waals surface area contributed by atoms with Gasteiger partial charge in [-0.05, 0) is 38.0 Å². The van der Waals surface area contributed by atoms with Crippen LogP contribution in [0.5, 0.6) is 0 Å². The van der Waals surface area contributed by atoms with Gasteiger partial charge in [0.1, 0.15) is 6.10 Å². The van der Waals surface area contributed by atoms with Crippen molar-refractivity contribution in [2.24, 2.45) is 5.73 Å². The number of aromatic nitrogens is 2. The third kappa shape index (κ3) is 2.77. The van der Waals surface area contributed by atoms with Gasteiger partial charge in [-0.3, -0.25) is 9.48 Å². The Morgan fingerprint density at radius 3 is 3.10 bits per heavy atom. The summed E-state index contributed by atoms with van der Waals surface area (Å²) in [4.78, 5) is 12.2. The Kier molecular flexibility index (Phi) is 3.90. The minimum Gasteiger partial charge on any atom is -0.364 e. The molecule has 1 aliphatic rings. The zero-order valence-corrected chi connectivity index (χ0v) is 12.1. The van der Waals surface area contributed by atoms with Crippen LogP contribution in [0.3, 0.4) is 0 Å². The predicted molar refractivity (Wildman–Crippen MR) is 81.0 cm³/mol. The maximum absolute atomic E-state index is 12.2. The highest BCUT2D eigenvalue weighted by atomic mass is 16.5. The first-order valence-electron chi connectivity index (χ1n) is 7.33. The van der Waals surface area contributed by atoms with Crippen LogP contribution < -0.4 is 11.1 Å². The van der Waals surface area contributed by atoms with Gasteiger partial charge < -0.3 is 15.8 Å². The van der Waals surface area contributed by atoms with Crippen molar-refractivity contribution in [2.75, 3.05) is 11.9 Å². The van der Waals surface area contributed by atoms with E-state index in [1.54, 1.807) is 0 Å². The Balaban J connectivity index is 1.74. The molecule has 2 atom stereocenters. The van der Waals surface area contributed by atoms with Gasteiger partial charge in [0.15, 0.2) is 0 Å². The van der Waals surface area contributed by atoms with Gasteiger partial charge in [0.05, 0.1) is 17.8 Å². The predicted octanol–water partition coefficient (Wildman–Crippen LogP) is 1.50. The molecule has 1 aromatic carbocycles. The van der Waals surface area contributed by atoms with E-state index in [0.29, 0.717) is 6.54 Å². The molecule has 0 bridgehead atoms. The number of ether oxygens (including phenoxy) is 1. The molecule has 0 spiro atoms. The minimum atomic E-state index is -0.398. The molecule has 0 radical (unpaired) electrons. The van der Waals surface area contributed by atoms with Crippen molar-refractivity contribution < 1.29 is 9.53 Å². The fraction of sp³-hybridized carbons (Fsp3) is 0.467. The van der Waals surface area contributed by atoms with Crippen LogP contribution in [0.25, 0.3) is 10.9 Å². The molecule has 1 aliphatic heterocycles. The van der Waals surface area contributed by atoms with Crippen molar-refractivity contribution >= 4 is 22.5 Å². The molecule has 3 rings (SSSR count). The summed E-state index contributed by atoms with van der Waals surface area (Å²) in [7, 11) is 0. The SMILES string of the molecule is CCn1ncc2ccc(NC(=O)[C@@H]3CC[C@H](CN)O3)cc21. The molecular formula is C15H20N4O2. The van der Waals surface area contributed by atoms with E-state index in [0.717, 1.165) is 36.0 Å². The molecule has 2 heterocycles. The van der Waals surface area contributed by atoms with Gasteiger partial charge in [-0.2, -0.15) is 5.10 Å². The summed E-state index contributed by atoms with van der Waals surface area (Å²) in [6.45, 7) is 3.30. The van der Waals surface area contributed by atoms with E-state index >= 15 is 0 Å². The van der Waals surface area contributed by atoms with E-state index in [-0.39, 0.29) is 12.0 Å². The number of carbonyl (C=O) groups is 1. The molecule has 1 saturated heterocycles. The molecule has 112 valence electrons. The number of fused-ring (bicyclic) bond motifs is 1. The molecule has 3 N–H and O–H groups in total. The lowest BCUT2D eigenvalue weighted by Gasteiger charge is -2.13. The molecule has 0 saturated carbocycles. The van der Waals surface area contributed by atoms with Gasteiger partial charge in [0.2, 0.25) is 0 Å². The topological polar surface area (TPSA) is 82.2 Å². The van der Waals surface area contributed by atoms with Crippen LogP contribution in [0.15, 0.2) is 24.4 Å². The van der Waals surface area contributed by atoms with Gasteiger partial charge in [-0.15, -0.1) is 0 Å². The smallest absolute Gasteiger partial charge is 0.253 e. The van der Waals surface area contributed by atoms with Crippen molar-refractivity contribution in [3.8, 4) is 0 Å². The molecule has 0 aliphatic carbocycles. The molecular weight excluding hydrogens is 268 g/mol. The van der Waals surface area contributed by atoms with Crippen LogP contribution >= 0.6 is 0 Å². The molecule has 2 aromatic rings. The maximum Gasteiger partial charge on any atom is 0.253 e. The first kappa shape index (κ1) is 14.0. The quantitative estimate of drug-likeness (QED) is 0.893. The highest BCUT2D eigenvalue weighted by Crippen LogP contribution is 2.22. The number of nitrogens with zero attached hydrogens (tertiary/aromatic N) is 2. The average Bonchev–Trinajstić information content (AvgIpc) is 3.13. The van der Waals surface area contributed by atoms with Crippen LogP contribution in [0.1, 0.15) is 19.8 Å². The van der Waals surface area contributed by atoms with E-state index < -0.39 is 6.10 Å². The van der Waals surface area contributed by atoms with E-state index in [1.807, 2.05) is 36.0 Å². The fourth-order valence-electron chi connectivity index (χ4n) is 2.69. The number of carbonyl (C=O) groups excluding carboxylic acids is 1. The van der Waals surface area contributed by atoms with Crippen molar-refractivity contribution in [3.63, 3.8) is 0 Å². The normalized spacial score (nSPS) is 21.8. The number of nitrogens with two attached hydrogens (primary N) is 1. The Morgan fingerprint density at radius 2 is 2.38 bits per heavy atom. The summed E-state index contributed by atoms with van der Waals surface area (Å²) in [5.74, 6) is -0.104. The standard InChI is InChI=1S/C15H20N4O2/c1-2-19-13-7-11(4-3-10(13)9-17-19)18-15(20)14-6-5-12(8-16)21-14/h3-4,7,9,12,14H,2,5-6,8,16H2,1H3,(H,18,20)/t12-,14+/m1/s1. The lowest BCUT2D eigenvalue weighted by Crippen LogP contribution is -2.29. The zero-order valence-electron chi connectivity index (χ0n) is 12.1. The summed E-state index contributed by atoms with van der Waals surface area (Å²) >= 11 is 0. The maximum atomic E-state index is 12.2. The summed E-state index contributed by atoms with van der Waals surface area (Å²) in [5.41, 5.74) is 7.35. The van der Waals surface area contributed by atoms with Crippen molar-refractivity contribution in [1.82, 2.24) is 9.78 Å². The number of hydrogen-bond donors (Lipinski definition) is 2. The number of anilines is 1. The molecule has 1 amide bonds. The van der Waals surface area contributed by atoms with Gasteiger partial charge in [-0.25, -0.2) is 0 Å². The third-order valence-electron chi connectivity index (χ3n) is 3.87. The van der Waals surface area contributed by atoms with Gasteiger partial charge in [-0.1, -0.05) is 0 Å². The van der Waals surface area contributed by atoms with Crippen molar-refractivity contribution in [1.29, 1.82) is 0 Å². The molecule has 6 nitrogen and oxygen atoms in total.